The predicted molar refractivity (Wildman–Crippen MR) is 87.6 cm³/mol. The van der Waals surface area contributed by atoms with Crippen molar-refractivity contribution in [2.45, 2.75) is 0 Å². The fourth-order valence-corrected chi connectivity index (χ4v) is 1.92. The van der Waals surface area contributed by atoms with Crippen LogP contribution in [0.4, 0.5) is 0 Å². The second-order valence-corrected chi connectivity index (χ2v) is 4.98. The van der Waals surface area contributed by atoms with Crippen LogP contribution in [0, 0.1) is 0 Å². The van der Waals surface area contributed by atoms with Crippen molar-refractivity contribution in [2.24, 2.45) is 5.73 Å². The van der Waals surface area contributed by atoms with Gasteiger partial charge < -0.3 is 15.2 Å². The highest BCUT2D eigenvalue weighted by Crippen LogP contribution is 2.29. The van der Waals surface area contributed by atoms with E-state index in [1.807, 2.05) is 0 Å². The molecular weight excluding hydrogens is 318 g/mol. The van der Waals surface area contributed by atoms with E-state index in [9.17, 15) is 9.59 Å². The number of benzene rings is 2. The van der Waals surface area contributed by atoms with Crippen molar-refractivity contribution in [3.8, 4) is 11.5 Å². The zero-order chi connectivity index (χ0) is 16.8. The summed E-state index contributed by atoms with van der Waals surface area (Å²) in [6.07, 6.45) is 2.77. The van der Waals surface area contributed by atoms with Crippen molar-refractivity contribution in [1.82, 2.24) is 0 Å². The zero-order valence-electron chi connectivity index (χ0n) is 12.3. The van der Waals surface area contributed by atoms with Crippen LogP contribution in [0.3, 0.4) is 0 Å². The number of halogens is 1. The van der Waals surface area contributed by atoms with E-state index in [1.165, 1.54) is 19.3 Å². The lowest BCUT2D eigenvalue weighted by molar-refractivity contribution is -0.113. The number of primary amides is 1. The lowest BCUT2D eigenvalue weighted by Gasteiger charge is -2.10. The summed E-state index contributed by atoms with van der Waals surface area (Å²) in [5.74, 6) is -0.454. The molecule has 1 amide bonds. The van der Waals surface area contributed by atoms with Crippen molar-refractivity contribution in [3.63, 3.8) is 0 Å². The van der Waals surface area contributed by atoms with Crippen LogP contribution in [-0.2, 0) is 4.79 Å². The number of carbonyl (C=O) groups is 2. The van der Waals surface area contributed by atoms with E-state index in [4.69, 9.17) is 26.8 Å². The summed E-state index contributed by atoms with van der Waals surface area (Å²) in [4.78, 5) is 22.8. The van der Waals surface area contributed by atoms with Crippen molar-refractivity contribution < 1.29 is 19.1 Å². The Morgan fingerprint density at radius 1 is 1.09 bits per heavy atom. The van der Waals surface area contributed by atoms with Gasteiger partial charge in [-0.15, -0.1) is 0 Å². The predicted octanol–water partition coefficient (Wildman–Crippen LogP) is 3.07. The lowest BCUT2D eigenvalue weighted by atomic mass is 10.2. The van der Waals surface area contributed by atoms with Gasteiger partial charge in [0.2, 0.25) is 5.91 Å². The number of methoxy groups -OCH3 is 1. The highest BCUT2D eigenvalue weighted by atomic mass is 35.5. The Bertz CT molecular complexity index is 754. The largest absolute Gasteiger partial charge is 0.493 e. The monoisotopic (exact) mass is 331 g/mol. The van der Waals surface area contributed by atoms with E-state index in [2.05, 4.69) is 0 Å². The number of amides is 1. The van der Waals surface area contributed by atoms with Gasteiger partial charge in [-0.1, -0.05) is 17.7 Å². The minimum atomic E-state index is -0.554. The van der Waals surface area contributed by atoms with Crippen LogP contribution < -0.4 is 15.2 Å². The molecule has 2 aromatic rings. The van der Waals surface area contributed by atoms with E-state index in [0.29, 0.717) is 21.9 Å². The first kappa shape index (κ1) is 16.6. The summed E-state index contributed by atoms with van der Waals surface area (Å²) in [5, 5.41) is 0.532. The highest BCUT2D eigenvalue weighted by molar-refractivity contribution is 6.30. The summed E-state index contributed by atoms with van der Waals surface area (Å²) < 4.78 is 10.5. The Labute approximate surface area is 138 Å². The van der Waals surface area contributed by atoms with Gasteiger partial charge in [-0.25, -0.2) is 4.79 Å². The Kier molecular flexibility index (Phi) is 5.38. The molecule has 2 aromatic carbocycles. The van der Waals surface area contributed by atoms with Crippen LogP contribution in [0.25, 0.3) is 6.08 Å². The molecule has 0 radical (unpaired) electrons. The molecule has 2 rings (SSSR count). The first-order valence-corrected chi connectivity index (χ1v) is 7.00. The fraction of sp³-hybridized carbons (Fsp3) is 0.0588. The van der Waals surface area contributed by atoms with Gasteiger partial charge in [0.1, 0.15) is 0 Å². The Hall–Kier alpha value is -2.79. The third-order valence-electron chi connectivity index (χ3n) is 2.91. The molecule has 0 spiro atoms. The van der Waals surface area contributed by atoms with Crippen LogP contribution in [0.5, 0.6) is 11.5 Å². The maximum absolute atomic E-state index is 12.1. The van der Waals surface area contributed by atoms with Gasteiger partial charge in [0, 0.05) is 11.1 Å². The molecule has 0 fully saturated rings. The number of hydrogen-bond donors (Lipinski definition) is 1. The first-order chi connectivity index (χ1) is 11.0. The van der Waals surface area contributed by atoms with Crippen molar-refractivity contribution in [1.29, 1.82) is 0 Å². The van der Waals surface area contributed by atoms with E-state index in [0.717, 1.165) is 0 Å². The van der Waals surface area contributed by atoms with Gasteiger partial charge in [0.25, 0.3) is 0 Å². The molecular formula is C17H14ClNO4. The highest BCUT2D eigenvalue weighted by Gasteiger charge is 2.12. The summed E-state index contributed by atoms with van der Waals surface area (Å²) >= 11 is 5.78. The maximum Gasteiger partial charge on any atom is 0.343 e. The molecule has 0 atom stereocenters. The molecule has 0 bridgehead atoms. The minimum absolute atomic E-state index is 0.267. The van der Waals surface area contributed by atoms with Crippen LogP contribution in [0.1, 0.15) is 15.9 Å². The number of carbonyl (C=O) groups excluding carboxylic acids is 2. The minimum Gasteiger partial charge on any atom is -0.493 e. The average Bonchev–Trinajstić information content (AvgIpc) is 2.54. The SMILES string of the molecule is COc1cc(/C=C/C(N)=O)ccc1OC(=O)c1ccc(Cl)cc1. The Balaban J connectivity index is 2.20. The van der Waals surface area contributed by atoms with Crippen LogP contribution >= 0.6 is 11.6 Å². The second-order valence-electron chi connectivity index (χ2n) is 4.54. The zero-order valence-corrected chi connectivity index (χ0v) is 13.0. The summed E-state index contributed by atoms with van der Waals surface area (Å²) in [7, 11) is 1.45. The first-order valence-electron chi connectivity index (χ1n) is 6.63. The molecule has 0 unspecified atom stereocenters. The molecule has 2 N–H and O–H groups in total. The summed E-state index contributed by atoms with van der Waals surface area (Å²) in [6, 6.07) is 11.2. The molecule has 0 heterocycles. The number of rotatable bonds is 5. The molecule has 0 aliphatic heterocycles. The van der Waals surface area contributed by atoms with Crippen molar-refractivity contribution in [3.05, 3.63) is 64.7 Å². The Morgan fingerprint density at radius 3 is 2.39 bits per heavy atom. The van der Waals surface area contributed by atoms with Crippen molar-refractivity contribution in [2.75, 3.05) is 7.11 Å². The van der Waals surface area contributed by atoms with Gasteiger partial charge in [-0.05, 0) is 48.0 Å². The topological polar surface area (TPSA) is 78.6 Å². The average molecular weight is 332 g/mol. The van der Waals surface area contributed by atoms with Crippen LogP contribution in [0.15, 0.2) is 48.5 Å². The number of nitrogens with two attached hydrogens (primary N) is 1. The number of esters is 1. The third-order valence-corrected chi connectivity index (χ3v) is 3.16. The molecule has 0 saturated carbocycles. The Morgan fingerprint density at radius 2 is 1.78 bits per heavy atom. The molecule has 0 aromatic heterocycles. The van der Waals surface area contributed by atoms with E-state index in [1.54, 1.807) is 42.5 Å². The van der Waals surface area contributed by atoms with Gasteiger partial charge in [-0.3, -0.25) is 4.79 Å². The molecule has 23 heavy (non-hydrogen) atoms. The molecule has 5 nitrogen and oxygen atoms in total. The lowest BCUT2D eigenvalue weighted by Crippen LogP contribution is -2.09. The third kappa shape index (κ3) is 4.59. The molecule has 0 aliphatic rings. The van der Waals surface area contributed by atoms with Crippen molar-refractivity contribution >= 4 is 29.6 Å². The van der Waals surface area contributed by atoms with Gasteiger partial charge in [0.15, 0.2) is 11.5 Å². The van der Waals surface area contributed by atoms with Gasteiger partial charge in [0.05, 0.1) is 12.7 Å². The molecule has 0 saturated heterocycles. The molecule has 118 valence electrons. The molecule has 6 heteroatoms. The number of hydrogen-bond acceptors (Lipinski definition) is 4. The standard InChI is InChI=1S/C17H14ClNO4/c1-22-15-10-11(3-9-16(19)20)2-8-14(15)23-17(21)12-4-6-13(18)7-5-12/h2-10H,1H3,(H2,19,20)/b9-3+. The maximum atomic E-state index is 12.1. The van der Waals surface area contributed by atoms with E-state index in [-0.39, 0.29) is 5.75 Å². The molecule has 0 aliphatic carbocycles. The van der Waals surface area contributed by atoms with E-state index < -0.39 is 11.9 Å². The fourth-order valence-electron chi connectivity index (χ4n) is 1.80. The van der Waals surface area contributed by atoms with Gasteiger partial charge >= 0.3 is 5.97 Å². The number of ether oxygens (including phenoxy) is 2. The quantitative estimate of drug-likeness (QED) is 0.519. The normalized spacial score (nSPS) is 10.5. The summed E-state index contributed by atoms with van der Waals surface area (Å²) in [5.41, 5.74) is 6.10. The van der Waals surface area contributed by atoms with Crippen LogP contribution in [0.2, 0.25) is 5.02 Å². The van der Waals surface area contributed by atoms with Crippen LogP contribution in [-0.4, -0.2) is 19.0 Å². The summed E-state index contributed by atoms with van der Waals surface area (Å²) in [6.45, 7) is 0. The van der Waals surface area contributed by atoms with Gasteiger partial charge in [-0.2, -0.15) is 0 Å². The van der Waals surface area contributed by atoms with E-state index >= 15 is 0 Å². The second kappa shape index (κ2) is 7.47. The smallest absolute Gasteiger partial charge is 0.343 e.